The van der Waals surface area contributed by atoms with Crippen molar-refractivity contribution >= 4 is 17.6 Å². The van der Waals surface area contributed by atoms with Crippen molar-refractivity contribution in [1.29, 1.82) is 0 Å². The van der Waals surface area contributed by atoms with E-state index in [0.29, 0.717) is 56.0 Å². The third kappa shape index (κ3) is 5.78. The maximum Gasteiger partial charge on any atom is 0.253 e. The fraction of sp³-hybridized carbons (Fsp3) is 0.423. The minimum absolute atomic E-state index is 0.0856. The highest BCUT2D eigenvalue weighted by molar-refractivity contribution is 6.00. The summed E-state index contributed by atoms with van der Waals surface area (Å²) in [6, 6.07) is 10.8. The highest BCUT2D eigenvalue weighted by Gasteiger charge is 2.35. The number of aromatic nitrogens is 1. The molecule has 1 saturated heterocycles. The molecular weight excluding hydrogens is 454 g/mol. The van der Waals surface area contributed by atoms with Crippen molar-refractivity contribution in [3.05, 3.63) is 54.6 Å². The van der Waals surface area contributed by atoms with Gasteiger partial charge in [-0.25, -0.2) is 13.8 Å². The Labute approximate surface area is 203 Å². The van der Waals surface area contributed by atoms with Gasteiger partial charge in [0.15, 0.2) is 0 Å². The molecule has 1 N–H and O–H groups in total. The first kappa shape index (κ1) is 24.6. The van der Waals surface area contributed by atoms with Gasteiger partial charge in [-0.05, 0) is 55.3 Å². The molecule has 2 aromatic rings. The fourth-order valence-electron chi connectivity index (χ4n) is 4.46. The van der Waals surface area contributed by atoms with E-state index >= 15 is 0 Å². The van der Waals surface area contributed by atoms with Crippen LogP contribution in [0.4, 0.5) is 14.6 Å². The second kappa shape index (κ2) is 10.4. The molecule has 186 valence electrons. The molecule has 35 heavy (non-hydrogen) atoms. The van der Waals surface area contributed by atoms with E-state index in [1.165, 1.54) is 6.08 Å². The minimum Gasteiger partial charge on any atom is -0.490 e. The summed E-state index contributed by atoms with van der Waals surface area (Å²) in [4.78, 5) is 33.0. The number of pyridine rings is 1. The molecule has 9 heteroatoms. The summed E-state index contributed by atoms with van der Waals surface area (Å²) in [6.45, 7) is 5.93. The van der Waals surface area contributed by atoms with Gasteiger partial charge < -0.3 is 19.9 Å². The average Bonchev–Trinajstić information content (AvgIpc) is 2.89. The second-order valence-corrected chi connectivity index (χ2v) is 8.86. The minimum atomic E-state index is -2.59. The van der Waals surface area contributed by atoms with Gasteiger partial charge in [-0.1, -0.05) is 6.58 Å². The number of carbonyl (C=O) groups excluding carboxylic acids is 2. The Morgan fingerprint density at radius 3 is 2.34 bits per heavy atom. The number of piperazine rings is 1. The van der Waals surface area contributed by atoms with Crippen LogP contribution in [0.25, 0.3) is 11.3 Å². The van der Waals surface area contributed by atoms with E-state index in [4.69, 9.17) is 9.72 Å². The lowest BCUT2D eigenvalue weighted by molar-refractivity contribution is -0.126. The summed E-state index contributed by atoms with van der Waals surface area (Å²) in [5.41, 5.74) is 1.73. The second-order valence-electron chi connectivity index (χ2n) is 8.86. The molecule has 2 fully saturated rings. The summed E-state index contributed by atoms with van der Waals surface area (Å²) < 4.78 is 32.7. The van der Waals surface area contributed by atoms with Crippen LogP contribution < -0.4 is 15.0 Å². The first-order valence-electron chi connectivity index (χ1n) is 11.8. The topological polar surface area (TPSA) is 74.8 Å². The van der Waals surface area contributed by atoms with Crippen LogP contribution >= 0.6 is 0 Å². The summed E-state index contributed by atoms with van der Waals surface area (Å²) in [5.74, 6) is -1.60. The number of carbonyl (C=O) groups is 2. The molecule has 4 rings (SSSR count). The van der Waals surface area contributed by atoms with Crippen LogP contribution in [-0.4, -0.2) is 67.0 Å². The number of hydrogen-bond acceptors (Lipinski definition) is 5. The molecule has 2 heterocycles. The van der Waals surface area contributed by atoms with Crippen LogP contribution in [0.5, 0.6) is 5.75 Å². The van der Waals surface area contributed by atoms with Gasteiger partial charge >= 0.3 is 0 Å². The van der Waals surface area contributed by atoms with Gasteiger partial charge in [0.25, 0.3) is 5.91 Å². The van der Waals surface area contributed by atoms with Crippen LogP contribution in [0.15, 0.2) is 49.1 Å². The molecule has 1 saturated carbocycles. The van der Waals surface area contributed by atoms with Gasteiger partial charge in [0.2, 0.25) is 11.8 Å². The van der Waals surface area contributed by atoms with E-state index in [9.17, 15) is 18.4 Å². The number of nitrogens with zero attached hydrogens (tertiary/aromatic N) is 3. The zero-order valence-corrected chi connectivity index (χ0v) is 19.8. The monoisotopic (exact) mass is 484 g/mol. The van der Waals surface area contributed by atoms with Crippen molar-refractivity contribution in [2.75, 3.05) is 38.1 Å². The quantitative estimate of drug-likeness (QED) is 0.630. The normalized spacial score (nSPS) is 18.1. The summed E-state index contributed by atoms with van der Waals surface area (Å²) in [7, 11) is 1.57. The van der Waals surface area contributed by atoms with Gasteiger partial charge in [0, 0.05) is 51.6 Å². The maximum atomic E-state index is 13.4. The number of nitrogens with one attached hydrogen (secondary N) is 1. The number of alkyl halides is 2. The number of ether oxygens (including phenoxy) is 1. The Kier molecular flexibility index (Phi) is 7.33. The molecule has 1 aliphatic heterocycles. The van der Waals surface area contributed by atoms with E-state index in [-0.39, 0.29) is 30.8 Å². The Bertz CT molecular complexity index is 1070. The molecule has 0 spiro atoms. The van der Waals surface area contributed by atoms with Crippen LogP contribution in [0.1, 0.15) is 36.0 Å². The molecule has 2 aliphatic rings. The van der Waals surface area contributed by atoms with Crippen LogP contribution in [0.2, 0.25) is 0 Å². The van der Waals surface area contributed by atoms with Crippen LogP contribution in [0, 0.1) is 0 Å². The smallest absolute Gasteiger partial charge is 0.253 e. The fourth-order valence-corrected chi connectivity index (χ4v) is 4.46. The number of amides is 2. The number of halogens is 2. The highest BCUT2D eigenvalue weighted by atomic mass is 19.3. The lowest BCUT2D eigenvalue weighted by Gasteiger charge is -2.35. The van der Waals surface area contributed by atoms with Crippen molar-refractivity contribution in [2.45, 2.75) is 37.7 Å². The first-order chi connectivity index (χ1) is 16.8. The molecular formula is C26H30F2N4O3. The van der Waals surface area contributed by atoms with Crippen LogP contribution in [-0.2, 0) is 4.79 Å². The standard InChI is InChI=1S/C26H30F2N4O3/c1-3-23(33)32-16-14-31(15-17-32)22-9-8-21(25(34)29-2)24(30-22)18-4-6-19(7-5-18)35-20-10-12-26(27,28)13-11-20/h3-9,20H,1,10-17H2,2H3,(H,29,34). The predicted molar refractivity (Wildman–Crippen MR) is 130 cm³/mol. The van der Waals surface area contributed by atoms with Crippen molar-refractivity contribution in [3.8, 4) is 17.0 Å². The first-order valence-corrected chi connectivity index (χ1v) is 11.8. The largest absolute Gasteiger partial charge is 0.490 e. The van der Waals surface area contributed by atoms with Gasteiger partial charge in [-0.15, -0.1) is 0 Å². The third-order valence-corrected chi connectivity index (χ3v) is 6.54. The third-order valence-electron chi connectivity index (χ3n) is 6.54. The molecule has 0 unspecified atom stereocenters. The average molecular weight is 485 g/mol. The highest BCUT2D eigenvalue weighted by Crippen LogP contribution is 2.35. The Balaban J connectivity index is 1.52. The molecule has 0 atom stereocenters. The van der Waals surface area contributed by atoms with Crippen molar-refractivity contribution < 1.29 is 23.1 Å². The number of anilines is 1. The summed E-state index contributed by atoms with van der Waals surface area (Å²) in [5, 5.41) is 2.66. The molecule has 1 aromatic heterocycles. The lowest BCUT2D eigenvalue weighted by Crippen LogP contribution is -2.48. The summed E-state index contributed by atoms with van der Waals surface area (Å²) >= 11 is 0. The number of rotatable bonds is 6. The van der Waals surface area contributed by atoms with Crippen molar-refractivity contribution in [2.24, 2.45) is 0 Å². The molecule has 1 aliphatic carbocycles. The van der Waals surface area contributed by atoms with Gasteiger partial charge in [-0.3, -0.25) is 9.59 Å². The zero-order chi connectivity index (χ0) is 25.0. The summed E-state index contributed by atoms with van der Waals surface area (Å²) in [6.07, 6.45) is 1.43. The number of benzene rings is 1. The SMILES string of the molecule is C=CC(=O)N1CCN(c2ccc(C(=O)NC)c(-c3ccc(OC4CCC(F)(F)CC4)cc3)n2)CC1. The van der Waals surface area contributed by atoms with Crippen molar-refractivity contribution in [1.82, 2.24) is 15.2 Å². The molecule has 0 radical (unpaired) electrons. The van der Waals surface area contributed by atoms with E-state index in [1.807, 2.05) is 18.2 Å². The van der Waals surface area contributed by atoms with Crippen LogP contribution in [0.3, 0.4) is 0 Å². The molecule has 1 aromatic carbocycles. The predicted octanol–water partition coefficient (Wildman–Crippen LogP) is 3.90. The molecule has 7 nitrogen and oxygen atoms in total. The Hall–Kier alpha value is -3.49. The van der Waals surface area contributed by atoms with Gasteiger partial charge in [0.1, 0.15) is 11.6 Å². The lowest BCUT2D eigenvalue weighted by atomic mass is 9.94. The van der Waals surface area contributed by atoms with Crippen molar-refractivity contribution in [3.63, 3.8) is 0 Å². The Morgan fingerprint density at radius 1 is 1.09 bits per heavy atom. The van der Waals surface area contributed by atoms with E-state index in [0.717, 1.165) is 11.4 Å². The zero-order valence-electron chi connectivity index (χ0n) is 19.8. The van der Waals surface area contributed by atoms with E-state index in [1.54, 1.807) is 30.1 Å². The number of hydrogen-bond donors (Lipinski definition) is 1. The van der Waals surface area contributed by atoms with Gasteiger partial charge in [0.05, 0.1) is 17.4 Å². The molecule has 0 bridgehead atoms. The Morgan fingerprint density at radius 2 is 1.74 bits per heavy atom. The van der Waals surface area contributed by atoms with E-state index < -0.39 is 5.92 Å². The van der Waals surface area contributed by atoms with Gasteiger partial charge in [-0.2, -0.15) is 0 Å². The maximum absolute atomic E-state index is 13.4. The molecule has 2 amide bonds. The van der Waals surface area contributed by atoms with E-state index in [2.05, 4.69) is 16.8 Å².